The monoisotopic (exact) mass is 269 g/mol. The van der Waals surface area contributed by atoms with E-state index < -0.39 is 36.9 Å². The summed E-state index contributed by atoms with van der Waals surface area (Å²) in [6.45, 7) is -0.870. The zero-order valence-electron chi connectivity index (χ0n) is 9.31. The second kappa shape index (κ2) is 6.10. The van der Waals surface area contributed by atoms with Gasteiger partial charge in [0.25, 0.3) is 0 Å². The minimum atomic E-state index is -4.31. The molecule has 1 atom stereocenters. The molecule has 0 aliphatic rings. The van der Waals surface area contributed by atoms with Crippen LogP contribution in [-0.4, -0.2) is 19.4 Å². The van der Waals surface area contributed by atoms with Gasteiger partial charge in [-0.05, 0) is 6.07 Å². The molecule has 0 bridgehead atoms. The molecule has 0 aliphatic carbocycles. The predicted octanol–water partition coefficient (Wildman–Crippen LogP) is 2.93. The zero-order chi connectivity index (χ0) is 13.8. The second-order valence-electron chi connectivity index (χ2n) is 3.69. The van der Waals surface area contributed by atoms with Crippen molar-refractivity contribution in [3.05, 3.63) is 35.4 Å². The highest BCUT2D eigenvalue weighted by Gasteiger charge is 2.26. The summed E-state index contributed by atoms with van der Waals surface area (Å²) in [6.07, 6.45) is -5.42. The van der Waals surface area contributed by atoms with E-state index in [9.17, 15) is 22.0 Å². The van der Waals surface area contributed by atoms with Gasteiger partial charge < -0.3 is 10.5 Å². The normalized spacial score (nSPS) is 13.7. The molecule has 0 spiro atoms. The minimum absolute atomic E-state index is 0.123. The Hall–Kier alpha value is -1.21. The summed E-state index contributed by atoms with van der Waals surface area (Å²) < 4.78 is 66.2. The summed E-state index contributed by atoms with van der Waals surface area (Å²) in [5.41, 5.74) is 5.38. The molecule has 0 aromatic heterocycles. The molecule has 1 aromatic rings. The van der Waals surface area contributed by atoms with Crippen LogP contribution in [0.15, 0.2) is 18.2 Å². The van der Waals surface area contributed by atoms with Crippen LogP contribution in [0.4, 0.5) is 22.0 Å². The van der Waals surface area contributed by atoms with Gasteiger partial charge in [0.2, 0.25) is 0 Å². The van der Waals surface area contributed by atoms with E-state index in [1.54, 1.807) is 0 Å². The first-order valence-corrected chi connectivity index (χ1v) is 5.15. The quantitative estimate of drug-likeness (QED) is 0.659. The van der Waals surface area contributed by atoms with E-state index in [0.29, 0.717) is 0 Å². The Morgan fingerprint density at radius 2 is 1.89 bits per heavy atom. The zero-order valence-corrected chi connectivity index (χ0v) is 9.31. The number of benzene rings is 1. The van der Waals surface area contributed by atoms with E-state index in [0.717, 1.165) is 6.07 Å². The fraction of sp³-hybridized carbons (Fsp3) is 0.455. The van der Waals surface area contributed by atoms with Gasteiger partial charge in [0, 0.05) is 5.56 Å². The fourth-order valence-corrected chi connectivity index (χ4v) is 1.29. The third-order valence-corrected chi connectivity index (χ3v) is 2.21. The van der Waals surface area contributed by atoms with Crippen LogP contribution in [0, 0.1) is 11.6 Å². The molecule has 1 unspecified atom stereocenters. The highest BCUT2D eigenvalue weighted by molar-refractivity contribution is 5.22. The summed E-state index contributed by atoms with van der Waals surface area (Å²) >= 11 is 0. The summed E-state index contributed by atoms with van der Waals surface area (Å²) in [6, 6.07) is 2.45. The van der Waals surface area contributed by atoms with Gasteiger partial charge in [-0.2, -0.15) is 13.2 Å². The number of halogens is 5. The van der Waals surface area contributed by atoms with E-state index in [-0.39, 0.29) is 12.2 Å². The van der Waals surface area contributed by atoms with Crippen molar-refractivity contribution in [2.75, 3.05) is 13.2 Å². The topological polar surface area (TPSA) is 35.2 Å². The highest BCUT2D eigenvalue weighted by Crippen LogP contribution is 2.20. The predicted molar refractivity (Wildman–Crippen MR) is 54.8 cm³/mol. The van der Waals surface area contributed by atoms with Crippen LogP contribution in [-0.2, 0) is 4.74 Å². The molecule has 102 valence electrons. The van der Waals surface area contributed by atoms with Crippen LogP contribution >= 0.6 is 0 Å². The average Bonchev–Trinajstić information content (AvgIpc) is 2.26. The first-order valence-electron chi connectivity index (χ1n) is 5.15. The van der Waals surface area contributed by atoms with Crippen molar-refractivity contribution in [1.29, 1.82) is 0 Å². The molecule has 0 aliphatic heterocycles. The Morgan fingerprint density at radius 1 is 1.22 bits per heavy atom. The van der Waals surface area contributed by atoms with Gasteiger partial charge in [0.1, 0.15) is 0 Å². The molecule has 7 heteroatoms. The summed E-state index contributed by atoms with van der Waals surface area (Å²) in [7, 11) is 0. The molecule has 2 N–H and O–H groups in total. The lowest BCUT2D eigenvalue weighted by molar-refractivity contribution is -0.145. The lowest BCUT2D eigenvalue weighted by atomic mass is 10.1. The van der Waals surface area contributed by atoms with E-state index in [4.69, 9.17) is 5.73 Å². The largest absolute Gasteiger partial charge is 0.391 e. The molecular formula is C11H12F5NO. The minimum Gasteiger partial charge on any atom is -0.379 e. The van der Waals surface area contributed by atoms with Gasteiger partial charge in [0.05, 0.1) is 25.7 Å². The van der Waals surface area contributed by atoms with Crippen LogP contribution < -0.4 is 5.73 Å². The molecule has 0 heterocycles. The maximum atomic E-state index is 13.3. The molecule has 0 saturated heterocycles. The number of hydrogen-bond donors (Lipinski definition) is 1. The van der Waals surface area contributed by atoms with Crippen molar-refractivity contribution in [3.63, 3.8) is 0 Å². The number of rotatable bonds is 5. The van der Waals surface area contributed by atoms with E-state index in [2.05, 4.69) is 4.74 Å². The lowest BCUT2D eigenvalue weighted by Gasteiger charge is -2.14. The number of ether oxygens (including phenoxy) is 1. The summed E-state index contributed by atoms with van der Waals surface area (Å²) in [5.74, 6) is -2.16. The fourth-order valence-electron chi connectivity index (χ4n) is 1.29. The Labute approximate surface area is 101 Å². The molecule has 1 rings (SSSR count). The van der Waals surface area contributed by atoms with Crippen molar-refractivity contribution in [1.82, 2.24) is 0 Å². The SMILES string of the molecule is NC(COCCC(F)(F)F)c1cccc(F)c1F. The van der Waals surface area contributed by atoms with Crippen molar-refractivity contribution >= 4 is 0 Å². The van der Waals surface area contributed by atoms with Gasteiger partial charge in [-0.3, -0.25) is 0 Å². The third kappa shape index (κ3) is 4.58. The highest BCUT2D eigenvalue weighted by atomic mass is 19.4. The molecule has 0 amide bonds. The van der Waals surface area contributed by atoms with Gasteiger partial charge in [-0.25, -0.2) is 8.78 Å². The van der Waals surface area contributed by atoms with E-state index in [1.165, 1.54) is 12.1 Å². The van der Waals surface area contributed by atoms with Crippen molar-refractivity contribution < 1.29 is 26.7 Å². The third-order valence-electron chi connectivity index (χ3n) is 2.21. The molecule has 1 aromatic carbocycles. The van der Waals surface area contributed by atoms with Crippen LogP contribution in [0.3, 0.4) is 0 Å². The van der Waals surface area contributed by atoms with Gasteiger partial charge >= 0.3 is 6.18 Å². The van der Waals surface area contributed by atoms with E-state index in [1.807, 2.05) is 0 Å². The molecule has 0 saturated carbocycles. The van der Waals surface area contributed by atoms with Crippen LogP contribution in [0.2, 0.25) is 0 Å². The van der Waals surface area contributed by atoms with Gasteiger partial charge in [-0.1, -0.05) is 12.1 Å². The van der Waals surface area contributed by atoms with Crippen molar-refractivity contribution in [3.8, 4) is 0 Å². The first kappa shape index (κ1) is 14.8. The number of alkyl halides is 3. The number of nitrogens with two attached hydrogens (primary N) is 1. The Kier molecular flexibility index (Phi) is 5.03. The standard InChI is InChI=1S/C11H12F5NO/c12-8-3-1-2-7(10(8)13)9(17)6-18-5-4-11(14,15)16/h1-3,9H,4-6,17H2. The van der Waals surface area contributed by atoms with Crippen LogP contribution in [0.5, 0.6) is 0 Å². The smallest absolute Gasteiger partial charge is 0.379 e. The van der Waals surface area contributed by atoms with Gasteiger partial charge in [-0.15, -0.1) is 0 Å². The first-order chi connectivity index (χ1) is 8.31. The van der Waals surface area contributed by atoms with Crippen LogP contribution in [0.1, 0.15) is 18.0 Å². The Bertz CT molecular complexity index is 394. The Morgan fingerprint density at radius 3 is 2.50 bits per heavy atom. The molecule has 18 heavy (non-hydrogen) atoms. The van der Waals surface area contributed by atoms with Gasteiger partial charge in [0.15, 0.2) is 11.6 Å². The molecular weight excluding hydrogens is 257 g/mol. The second-order valence-corrected chi connectivity index (χ2v) is 3.69. The lowest BCUT2D eigenvalue weighted by Crippen LogP contribution is -2.21. The average molecular weight is 269 g/mol. The maximum absolute atomic E-state index is 13.3. The van der Waals surface area contributed by atoms with Crippen LogP contribution in [0.25, 0.3) is 0 Å². The number of hydrogen-bond acceptors (Lipinski definition) is 2. The summed E-state index contributed by atoms with van der Waals surface area (Å²) in [5, 5.41) is 0. The van der Waals surface area contributed by atoms with E-state index >= 15 is 0 Å². The molecule has 2 nitrogen and oxygen atoms in total. The Balaban J connectivity index is 2.46. The van der Waals surface area contributed by atoms with Crippen molar-refractivity contribution in [2.45, 2.75) is 18.6 Å². The maximum Gasteiger partial charge on any atom is 0.391 e. The molecule has 0 radical (unpaired) electrons. The summed E-state index contributed by atoms with van der Waals surface area (Å²) in [4.78, 5) is 0. The molecule has 0 fully saturated rings. The van der Waals surface area contributed by atoms with Crippen molar-refractivity contribution in [2.24, 2.45) is 5.73 Å².